The summed E-state index contributed by atoms with van der Waals surface area (Å²) >= 11 is 0. The van der Waals surface area contributed by atoms with Crippen LogP contribution in [0.1, 0.15) is 25.0 Å². The van der Waals surface area contributed by atoms with Gasteiger partial charge in [0.05, 0.1) is 25.9 Å². The van der Waals surface area contributed by atoms with Gasteiger partial charge in [-0.1, -0.05) is 12.1 Å². The number of aryl methyl sites for hydroxylation is 1. The Bertz CT molecular complexity index is 1150. The van der Waals surface area contributed by atoms with Crippen LogP contribution >= 0.6 is 0 Å². The number of benzene rings is 2. The Kier molecular flexibility index (Phi) is 7.91. The number of anilines is 1. The third kappa shape index (κ3) is 6.49. The molecule has 0 saturated heterocycles. The number of hydrogen-bond donors (Lipinski definition) is 2. The lowest BCUT2D eigenvalue weighted by molar-refractivity contribution is -0.147. The minimum absolute atomic E-state index is 0.0536. The third-order valence-corrected chi connectivity index (χ3v) is 4.56. The summed E-state index contributed by atoms with van der Waals surface area (Å²) in [6, 6.07) is 9.77. The molecule has 0 fully saturated rings. The molecule has 1 aromatic heterocycles. The number of carbonyl (C=O) groups is 3. The van der Waals surface area contributed by atoms with Gasteiger partial charge in [-0.2, -0.15) is 0 Å². The van der Waals surface area contributed by atoms with Crippen LogP contribution in [0.2, 0.25) is 0 Å². The Balaban J connectivity index is 1.48. The second-order valence-electron chi connectivity index (χ2n) is 7.13. The molecule has 3 rings (SSSR count). The maximum Gasteiger partial charge on any atom is 0.325 e. The molecule has 9 nitrogen and oxygen atoms in total. The van der Waals surface area contributed by atoms with Gasteiger partial charge in [0.1, 0.15) is 5.58 Å². The highest BCUT2D eigenvalue weighted by molar-refractivity contribution is 6.02. The van der Waals surface area contributed by atoms with Gasteiger partial charge in [0.15, 0.2) is 18.1 Å². The zero-order valence-corrected chi connectivity index (χ0v) is 18.7. The SMILES string of the molecule is CCOc1ccc(NC(=O)NC(=O)COC(=O)Cc2coc3cc(C)ccc23)cc1OCC. The molecule has 0 aliphatic carbocycles. The molecule has 174 valence electrons. The van der Waals surface area contributed by atoms with Crippen molar-refractivity contribution in [2.24, 2.45) is 0 Å². The van der Waals surface area contributed by atoms with E-state index in [2.05, 4.69) is 10.6 Å². The zero-order valence-electron chi connectivity index (χ0n) is 18.7. The van der Waals surface area contributed by atoms with E-state index in [1.165, 1.54) is 6.26 Å². The lowest BCUT2D eigenvalue weighted by Gasteiger charge is -2.13. The predicted molar refractivity (Wildman–Crippen MR) is 122 cm³/mol. The number of carbonyl (C=O) groups excluding carboxylic acids is 3. The lowest BCUT2D eigenvalue weighted by atomic mass is 10.1. The number of imide groups is 1. The van der Waals surface area contributed by atoms with E-state index in [9.17, 15) is 14.4 Å². The second kappa shape index (κ2) is 11.0. The fraction of sp³-hybridized carbons (Fsp3) is 0.292. The molecule has 33 heavy (non-hydrogen) atoms. The smallest absolute Gasteiger partial charge is 0.325 e. The molecule has 2 aromatic carbocycles. The molecule has 2 N–H and O–H groups in total. The van der Waals surface area contributed by atoms with Crippen LogP contribution in [0.4, 0.5) is 10.5 Å². The van der Waals surface area contributed by atoms with E-state index >= 15 is 0 Å². The molecule has 1 heterocycles. The first-order chi connectivity index (χ1) is 15.9. The molecular formula is C24H26N2O7. The van der Waals surface area contributed by atoms with Crippen LogP contribution in [0.5, 0.6) is 11.5 Å². The van der Waals surface area contributed by atoms with E-state index in [0.29, 0.717) is 41.5 Å². The molecule has 0 saturated carbocycles. The van der Waals surface area contributed by atoms with Crippen molar-refractivity contribution >= 4 is 34.6 Å². The second-order valence-corrected chi connectivity index (χ2v) is 7.13. The van der Waals surface area contributed by atoms with Gasteiger partial charge in [0.25, 0.3) is 5.91 Å². The molecule has 0 spiro atoms. The Morgan fingerprint density at radius 3 is 2.48 bits per heavy atom. The van der Waals surface area contributed by atoms with Gasteiger partial charge in [-0.05, 0) is 44.5 Å². The van der Waals surface area contributed by atoms with E-state index in [1.54, 1.807) is 18.2 Å². The van der Waals surface area contributed by atoms with Crippen molar-refractivity contribution in [3.63, 3.8) is 0 Å². The quantitative estimate of drug-likeness (QED) is 0.470. The number of hydrogen-bond acceptors (Lipinski definition) is 7. The first-order valence-electron chi connectivity index (χ1n) is 10.5. The van der Waals surface area contributed by atoms with E-state index in [0.717, 1.165) is 10.9 Å². The maximum atomic E-state index is 12.1. The molecule has 0 bridgehead atoms. The van der Waals surface area contributed by atoms with Crippen molar-refractivity contribution in [3.05, 3.63) is 53.8 Å². The average Bonchev–Trinajstić information content (AvgIpc) is 3.16. The highest BCUT2D eigenvalue weighted by Gasteiger charge is 2.15. The molecule has 3 aromatic rings. The highest BCUT2D eigenvalue weighted by Crippen LogP contribution is 2.30. The Labute approximate surface area is 191 Å². The Morgan fingerprint density at radius 1 is 0.970 bits per heavy atom. The minimum Gasteiger partial charge on any atom is -0.490 e. The maximum absolute atomic E-state index is 12.1. The largest absolute Gasteiger partial charge is 0.490 e. The van der Waals surface area contributed by atoms with Crippen LogP contribution in [-0.4, -0.2) is 37.7 Å². The molecule has 0 atom stereocenters. The topological polar surface area (TPSA) is 116 Å². The van der Waals surface area contributed by atoms with Crippen LogP contribution in [0, 0.1) is 6.92 Å². The van der Waals surface area contributed by atoms with Crippen molar-refractivity contribution in [2.45, 2.75) is 27.2 Å². The van der Waals surface area contributed by atoms with Crippen molar-refractivity contribution in [2.75, 3.05) is 25.1 Å². The van der Waals surface area contributed by atoms with Crippen molar-refractivity contribution in [1.29, 1.82) is 0 Å². The molecule has 0 radical (unpaired) electrons. The number of amides is 3. The molecule has 0 aliphatic heterocycles. The molecule has 0 aliphatic rings. The summed E-state index contributed by atoms with van der Waals surface area (Å²) in [6.45, 7) is 5.93. The summed E-state index contributed by atoms with van der Waals surface area (Å²) in [5.41, 5.74) is 2.79. The molecular weight excluding hydrogens is 428 g/mol. The molecule has 9 heteroatoms. The number of nitrogens with one attached hydrogen (secondary N) is 2. The van der Waals surface area contributed by atoms with E-state index in [4.69, 9.17) is 18.6 Å². The summed E-state index contributed by atoms with van der Waals surface area (Å²) < 4.78 is 21.4. The number of esters is 1. The van der Waals surface area contributed by atoms with E-state index in [1.807, 2.05) is 39.0 Å². The van der Waals surface area contributed by atoms with Gasteiger partial charge >= 0.3 is 12.0 Å². The van der Waals surface area contributed by atoms with Gasteiger partial charge in [-0.25, -0.2) is 4.79 Å². The van der Waals surface area contributed by atoms with Crippen LogP contribution in [0.3, 0.4) is 0 Å². The normalized spacial score (nSPS) is 10.5. The third-order valence-electron chi connectivity index (χ3n) is 4.56. The number of rotatable bonds is 9. The Morgan fingerprint density at radius 2 is 1.73 bits per heavy atom. The van der Waals surface area contributed by atoms with Gasteiger partial charge in [0.2, 0.25) is 0 Å². The van der Waals surface area contributed by atoms with Gasteiger partial charge in [-0.15, -0.1) is 0 Å². The van der Waals surface area contributed by atoms with Crippen LogP contribution in [0.15, 0.2) is 47.1 Å². The first-order valence-corrected chi connectivity index (χ1v) is 10.5. The zero-order chi connectivity index (χ0) is 23.8. The summed E-state index contributed by atoms with van der Waals surface area (Å²) in [5, 5.41) is 5.45. The summed E-state index contributed by atoms with van der Waals surface area (Å²) in [6.07, 6.45) is 1.44. The summed E-state index contributed by atoms with van der Waals surface area (Å²) in [4.78, 5) is 36.2. The van der Waals surface area contributed by atoms with Crippen molar-refractivity contribution in [1.82, 2.24) is 5.32 Å². The van der Waals surface area contributed by atoms with E-state index in [-0.39, 0.29) is 6.42 Å². The highest BCUT2D eigenvalue weighted by atomic mass is 16.5. The molecule has 3 amide bonds. The van der Waals surface area contributed by atoms with Crippen LogP contribution in [-0.2, 0) is 20.7 Å². The first kappa shape index (κ1) is 23.6. The van der Waals surface area contributed by atoms with Crippen LogP contribution < -0.4 is 20.1 Å². The van der Waals surface area contributed by atoms with Gasteiger partial charge in [0, 0.05) is 22.7 Å². The number of fused-ring (bicyclic) bond motifs is 1. The molecule has 0 unspecified atom stereocenters. The lowest BCUT2D eigenvalue weighted by Crippen LogP contribution is -2.37. The van der Waals surface area contributed by atoms with Crippen molar-refractivity contribution in [3.8, 4) is 11.5 Å². The number of furan rings is 1. The monoisotopic (exact) mass is 454 g/mol. The van der Waals surface area contributed by atoms with Crippen LogP contribution in [0.25, 0.3) is 11.0 Å². The summed E-state index contributed by atoms with van der Waals surface area (Å²) in [7, 11) is 0. The fourth-order valence-corrected chi connectivity index (χ4v) is 3.13. The van der Waals surface area contributed by atoms with Gasteiger partial charge < -0.3 is 23.9 Å². The fourth-order valence-electron chi connectivity index (χ4n) is 3.13. The van der Waals surface area contributed by atoms with Gasteiger partial charge in [-0.3, -0.25) is 14.9 Å². The predicted octanol–water partition coefficient (Wildman–Crippen LogP) is 3.97. The van der Waals surface area contributed by atoms with Crippen molar-refractivity contribution < 1.29 is 33.0 Å². The average molecular weight is 454 g/mol. The number of ether oxygens (including phenoxy) is 3. The Hall–Kier alpha value is -4.01. The van der Waals surface area contributed by atoms with E-state index < -0.39 is 24.5 Å². The summed E-state index contributed by atoms with van der Waals surface area (Å²) in [5.74, 6) is -0.348. The standard InChI is InChI=1S/C24H26N2O7/c1-4-30-19-9-7-17(12-21(19)31-5-2)25-24(29)26-22(27)14-33-23(28)11-16-13-32-20-10-15(3)6-8-18(16)20/h6-10,12-13H,4-5,11,14H2,1-3H3,(H2,25,26,27,29). The number of urea groups is 1. The minimum atomic E-state index is -0.765.